The molecule has 0 spiro atoms. The van der Waals surface area contributed by atoms with Gasteiger partial charge in [0.05, 0.1) is 16.8 Å². The lowest BCUT2D eigenvalue weighted by atomic mass is 9.67. The van der Waals surface area contributed by atoms with E-state index in [4.69, 9.17) is 9.97 Å². The average Bonchev–Trinajstić information content (AvgIpc) is 3.55. The minimum Gasteiger partial charge on any atom is -0.265 e. The number of rotatable bonds is 6. The lowest BCUT2D eigenvalue weighted by molar-refractivity contribution is 0.769. The van der Waals surface area contributed by atoms with Crippen molar-refractivity contribution in [1.29, 1.82) is 0 Å². The van der Waals surface area contributed by atoms with Crippen LogP contribution in [0.1, 0.15) is 22.3 Å². The molecule has 0 amide bonds. The maximum absolute atomic E-state index is 4.95. The van der Waals surface area contributed by atoms with Gasteiger partial charge < -0.3 is 0 Å². The molecule has 0 aliphatic heterocycles. The molecular formula is C49H32N4. The van der Waals surface area contributed by atoms with Gasteiger partial charge >= 0.3 is 0 Å². The Morgan fingerprint density at radius 1 is 0.358 bits per heavy atom. The summed E-state index contributed by atoms with van der Waals surface area (Å²) in [4.78, 5) is 18.2. The van der Waals surface area contributed by atoms with Crippen LogP contribution in [0.15, 0.2) is 195 Å². The van der Waals surface area contributed by atoms with Gasteiger partial charge in [0.15, 0.2) is 0 Å². The fourth-order valence-corrected chi connectivity index (χ4v) is 8.27. The highest BCUT2D eigenvalue weighted by molar-refractivity contribution is 6.10. The molecule has 0 saturated carbocycles. The van der Waals surface area contributed by atoms with E-state index in [1.807, 2.05) is 49.1 Å². The Kier molecular flexibility index (Phi) is 7.33. The van der Waals surface area contributed by atoms with E-state index in [1.54, 1.807) is 12.4 Å². The van der Waals surface area contributed by atoms with Crippen molar-refractivity contribution in [2.75, 3.05) is 0 Å². The summed E-state index contributed by atoms with van der Waals surface area (Å²) in [5.41, 5.74) is 15.3. The zero-order valence-corrected chi connectivity index (χ0v) is 28.8. The zero-order chi connectivity index (χ0) is 35.2. The van der Waals surface area contributed by atoms with E-state index in [2.05, 4.69) is 143 Å². The van der Waals surface area contributed by atoms with Crippen LogP contribution in [0.5, 0.6) is 0 Å². The Morgan fingerprint density at radius 2 is 0.887 bits per heavy atom. The standard InChI is InChI=1S/C49H32N4/c1-3-9-38(10-4-1)49(39-11-5-2-6-12-39)44-29-35(36-16-19-46(52-31-36)33-21-25-50-26-22-33)15-18-42(44)48-41-14-8-7-13-40(41)43(30-45(48)49)37-17-20-47(53-32-37)34-23-27-51-28-24-34/h1-32H. The van der Waals surface area contributed by atoms with Gasteiger partial charge in [-0.05, 0) is 104 Å². The number of pyridine rings is 4. The van der Waals surface area contributed by atoms with Gasteiger partial charge in [-0.25, -0.2) is 0 Å². The molecule has 10 rings (SSSR count). The number of nitrogens with zero attached hydrogens (tertiary/aromatic N) is 4. The molecule has 248 valence electrons. The molecule has 53 heavy (non-hydrogen) atoms. The second kappa shape index (κ2) is 12.6. The summed E-state index contributed by atoms with van der Waals surface area (Å²) in [7, 11) is 0. The fraction of sp³-hybridized carbons (Fsp3) is 0.0204. The van der Waals surface area contributed by atoms with Crippen LogP contribution in [-0.2, 0) is 5.41 Å². The molecule has 0 fully saturated rings. The monoisotopic (exact) mass is 676 g/mol. The molecule has 4 nitrogen and oxygen atoms in total. The first-order chi connectivity index (χ1) is 26.3. The van der Waals surface area contributed by atoms with Crippen molar-refractivity contribution < 1.29 is 0 Å². The van der Waals surface area contributed by atoms with Gasteiger partial charge in [0, 0.05) is 59.4 Å². The van der Waals surface area contributed by atoms with Gasteiger partial charge in [-0.15, -0.1) is 0 Å². The molecule has 0 radical (unpaired) electrons. The van der Waals surface area contributed by atoms with E-state index in [9.17, 15) is 0 Å². The highest BCUT2D eigenvalue weighted by Gasteiger charge is 2.47. The van der Waals surface area contributed by atoms with Crippen LogP contribution in [0.25, 0.3) is 66.7 Å². The van der Waals surface area contributed by atoms with Crippen LogP contribution in [0.4, 0.5) is 0 Å². The smallest absolute Gasteiger partial charge is 0.0714 e. The normalized spacial score (nSPS) is 12.7. The SMILES string of the molecule is c1ccc(C2(c3ccccc3)c3cc(-c4ccc(-c5ccncc5)nc4)ccc3-c3c2cc(-c2ccc(-c4ccncc4)nc2)c2ccccc32)cc1. The van der Waals surface area contributed by atoms with Gasteiger partial charge in [0.25, 0.3) is 0 Å². The highest BCUT2D eigenvalue weighted by atomic mass is 14.7. The molecule has 1 aliphatic carbocycles. The first-order valence-corrected chi connectivity index (χ1v) is 17.8. The first kappa shape index (κ1) is 30.8. The largest absolute Gasteiger partial charge is 0.265 e. The Bertz CT molecular complexity index is 2690. The molecule has 0 N–H and O–H groups in total. The summed E-state index contributed by atoms with van der Waals surface area (Å²) in [6.45, 7) is 0. The summed E-state index contributed by atoms with van der Waals surface area (Å²) in [5, 5.41) is 2.43. The maximum atomic E-state index is 4.95. The number of benzene rings is 5. The number of hydrogen-bond donors (Lipinski definition) is 0. The van der Waals surface area contributed by atoms with Gasteiger partial charge in [0.2, 0.25) is 0 Å². The topological polar surface area (TPSA) is 51.6 Å². The van der Waals surface area contributed by atoms with E-state index in [0.29, 0.717) is 0 Å². The Morgan fingerprint density at radius 3 is 1.45 bits per heavy atom. The summed E-state index contributed by atoms with van der Waals surface area (Å²) >= 11 is 0. The van der Waals surface area contributed by atoms with Crippen LogP contribution >= 0.6 is 0 Å². The summed E-state index contributed by atoms with van der Waals surface area (Å²) in [6.07, 6.45) is 11.2. The maximum Gasteiger partial charge on any atom is 0.0714 e. The van der Waals surface area contributed by atoms with Crippen LogP contribution in [0.3, 0.4) is 0 Å². The minimum absolute atomic E-state index is 0.587. The van der Waals surface area contributed by atoms with Crippen LogP contribution in [0.2, 0.25) is 0 Å². The molecule has 4 heterocycles. The molecule has 5 aromatic carbocycles. The van der Waals surface area contributed by atoms with E-state index in [1.165, 1.54) is 44.2 Å². The van der Waals surface area contributed by atoms with Crippen molar-refractivity contribution in [3.05, 3.63) is 217 Å². The van der Waals surface area contributed by atoms with E-state index < -0.39 is 5.41 Å². The van der Waals surface area contributed by atoms with Crippen molar-refractivity contribution >= 4 is 10.8 Å². The van der Waals surface area contributed by atoms with Crippen LogP contribution in [0, 0.1) is 0 Å². The molecule has 4 aromatic heterocycles. The van der Waals surface area contributed by atoms with Gasteiger partial charge in [-0.3, -0.25) is 19.9 Å². The van der Waals surface area contributed by atoms with Crippen molar-refractivity contribution in [2.24, 2.45) is 0 Å². The lowest BCUT2D eigenvalue weighted by Crippen LogP contribution is -2.28. The third-order valence-corrected chi connectivity index (χ3v) is 10.7. The van der Waals surface area contributed by atoms with E-state index in [0.717, 1.165) is 44.8 Å². The molecule has 0 bridgehead atoms. The van der Waals surface area contributed by atoms with Crippen molar-refractivity contribution in [3.8, 4) is 55.9 Å². The average molecular weight is 677 g/mol. The Balaban J connectivity index is 1.23. The summed E-state index contributed by atoms with van der Waals surface area (Å²) < 4.78 is 0. The van der Waals surface area contributed by atoms with Gasteiger partial charge in [-0.2, -0.15) is 0 Å². The number of fused-ring (bicyclic) bond motifs is 5. The number of hydrogen-bond acceptors (Lipinski definition) is 4. The van der Waals surface area contributed by atoms with Crippen molar-refractivity contribution in [1.82, 2.24) is 19.9 Å². The quantitative estimate of drug-likeness (QED) is 0.176. The third-order valence-electron chi connectivity index (χ3n) is 10.7. The lowest BCUT2D eigenvalue weighted by Gasteiger charge is -2.34. The highest BCUT2D eigenvalue weighted by Crippen LogP contribution is 2.59. The first-order valence-electron chi connectivity index (χ1n) is 17.8. The second-order valence-electron chi connectivity index (χ2n) is 13.5. The summed E-state index contributed by atoms with van der Waals surface area (Å²) in [5.74, 6) is 0. The van der Waals surface area contributed by atoms with Gasteiger partial charge in [-0.1, -0.05) is 109 Å². The summed E-state index contributed by atoms with van der Waals surface area (Å²) in [6, 6.07) is 56.8. The van der Waals surface area contributed by atoms with E-state index >= 15 is 0 Å². The molecule has 1 aliphatic rings. The second-order valence-corrected chi connectivity index (χ2v) is 13.5. The molecule has 9 aromatic rings. The van der Waals surface area contributed by atoms with Crippen molar-refractivity contribution in [2.45, 2.75) is 5.41 Å². The predicted molar refractivity (Wildman–Crippen MR) is 214 cm³/mol. The van der Waals surface area contributed by atoms with Crippen LogP contribution < -0.4 is 0 Å². The van der Waals surface area contributed by atoms with Crippen molar-refractivity contribution in [3.63, 3.8) is 0 Å². The minimum atomic E-state index is -0.587. The predicted octanol–water partition coefficient (Wildman–Crippen LogP) is 11.5. The molecule has 0 saturated heterocycles. The van der Waals surface area contributed by atoms with E-state index in [-0.39, 0.29) is 0 Å². The van der Waals surface area contributed by atoms with Crippen LogP contribution in [-0.4, -0.2) is 19.9 Å². The third kappa shape index (κ3) is 4.99. The zero-order valence-electron chi connectivity index (χ0n) is 28.8. The van der Waals surface area contributed by atoms with Gasteiger partial charge in [0.1, 0.15) is 0 Å². The molecular weight excluding hydrogens is 645 g/mol. The molecule has 4 heteroatoms. The Hall–Kier alpha value is -7.04. The molecule has 0 atom stereocenters. The fourth-order valence-electron chi connectivity index (χ4n) is 8.27. The number of aromatic nitrogens is 4. The Labute approximate surface area is 308 Å². The molecule has 0 unspecified atom stereocenters.